The third-order valence-corrected chi connectivity index (χ3v) is 2.42. The molecule has 0 aromatic carbocycles. The number of aromatic nitrogens is 3. The number of hydrogen-bond acceptors (Lipinski definition) is 3. The molecule has 7 heteroatoms. The molecule has 0 fully saturated rings. The molecule has 0 aliphatic heterocycles. The maximum absolute atomic E-state index is 12.5. The van der Waals surface area contributed by atoms with Crippen LogP contribution in [0.1, 0.15) is 24.2 Å². The van der Waals surface area contributed by atoms with Gasteiger partial charge < -0.3 is 5.32 Å². The Hall–Kier alpha value is -2.05. The smallest absolute Gasteiger partial charge is 0.363 e. The van der Waals surface area contributed by atoms with Crippen molar-refractivity contribution in [1.82, 2.24) is 15.2 Å². The zero-order chi connectivity index (χ0) is 13.2. The van der Waals surface area contributed by atoms with Crippen LogP contribution in [-0.4, -0.2) is 15.2 Å². The Kier molecular flexibility index (Phi) is 3.22. The lowest BCUT2D eigenvalue weighted by atomic mass is 10.2. The molecule has 2 rings (SSSR count). The normalized spacial score (nSPS) is 13.3. The third-order valence-electron chi connectivity index (χ3n) is 2.42. The number of hydrogen-bond donors (Lipinski definition) is 2. The Balaban J connectivity index is 2.15. The quantitative estimate of drug-likeness (QED) is 0.887. The van der Waals surface area contributed by atoms with E-state index in [0.717, 1.165) is 11.6 Å². The van der Waals surface area contributed by atoms with Crippen LogP contribution in [0, 0.1) is 0 Å². The second kappa shape index (κ2) is 4.67. The van der Waals surface area contributed by atoms with Gasteiger partial charge in [0.05, 0.1) is 12.2 Å². The largest absolute Gasteiger partial charge is 0.433 e. The molecule has 0 saturated carbocycles. The summed E-state index contributed by atoms with van der Waals surface area (Å²) in [4.78, 5) is 3.53. The summed E-state index contributed by atoms with van der Waals surface area (Å²) in [6.45, 7) is 1.81. The number of rotatable bonds is 3. The maximum Gasteiger partial charge on any atom is 0.433 e. The van der Waals surface area contributed by atoms with E-state index < -0.39 is 11.9 Å². The molecule has 0 aliphatic rings. The van der Waals surface area contributed by atoms with Crippen LogP contribution in [0.15, 0.2) is 30.6 Å². The van der Waals surface area contributed by atoms with Gasteiger partial charge >= 0.3 is 6.18 Å². The molecule has 1 unspecified atom stereocenters. The molecule has 0 bridgehead atoms. The van der Waals surface area contributed by atoms with E-state index in [-0.39, 0.29) is 11.9 Å². The average molecular weight is 256 g/mol. The summed E-state index contributed by atoms with van der Waals surface area (Å²) >= 11 is 0. The zero-order valence-corrected chi connectivity index (χ0v) is 9.49. The summed E-state index contributed by atoms with van der Waals surface area (Å²) in [5.41, 5.74) is -0.0684. The van der Waals surface area contributed by atoms with E-state index in [1.807, 2.05) is 6.92 Å². The van der Waals surface area contributed by atoms with E-state index in [1.165, 1.54) is 12.1 Å². The Morgan fingerprint density at radius 3 is 2.72 bits per heavy atom. The van der Waals surface area contributed by atoms with Crippen molar-refractivity contribution >= 4 is 5.82 Å². The minimum absolute atomic E-state index is 0.179. The fourth-order valence-corrected chi connectivity index (χ4v) is 1.48. The third kappa shape index (κ3) is 2.79. The predicted octanol–water partition coefficient (Wildman–Crippen LogP) is 3.00. The van der Waals surface area contributed by atoms with Gasteiger partial charge in [-0.2, -0.15) is 18.3 Å². The van der Waals surface area contributed by atoms with Gasteiger partial charge in [-0.3, -0.25) is 5.10 Å². The number of H-pyrrole nitrogens is 1. The van der Waals surface area contributed by atoms with Crippen LogP contribution >= 0.6 is 0 Å². The molecule has 0 radical (unpaired) electrons. The van der Waals surface area contributed by atoms with Crippen molar-refractivity contribution in [2.75, 3.05) is 5.32 Å². The fraction of sp³-hybridized carbons (Fsp3) is 0.273. The lowest BCUT2D eigenvalue weighted by Gasteiger charge is -2.14. The van der Waals surface area contributed by atoms with Crippen molar-refractivity contribution in [2.24, 2.45) is 0 Å². The van der Waals surface area contributed by atoms with E-state index in [1.54, 1.807) is 12.4 Å². The summed E-state index contributed by atoms with van der Waals surface area (Å²) in [7, 11) is 0. The highest BCUT2D eigenvalue weighted by Gasteiger charge is 2.32. The minimum Gasteiger partial charge on any atom is -0.363 e. The Morgan fingerprint density at radius 2 is 2.11 bits per heavy atom. The summed E-state index contributed by atoms with van der Waals surface area (Å²) in [5.74, 6) is 0.179. The van der Waals surface area contributed by atoms with Gasteiger partial charge in [0, 0.05) is 11.8 Å². The molecule has 96 valence electrons. The van der Waals surface area contributed by atoms with Crippen molar-refractivity contribution in [3.8, 4) is 0 Å². The van der Waals surface area contributed by atoms with Crippen LogP contribution in [-0.2, 0) is 6.18 Å². The average Bonchev–Trinajstić information content (AvgIpc) is 2.81. The zero-order valence-electron chi connectivity index (χ0n) is 9.49. The highest BCUT2D eigenvalue weighted by Crippen LogP contribution is 2.28. The van der Waals surface area contributed by atoms with Gasteiger partial charge in [0.25, 0.3) is 0 Å². The molecular weight excluding hydrogens is 245 g/mol. The van der Waals surface area contributed by atoms with Gasteiger partial charge in [-0.25, -0.2) is 4.98 Å². The molecule has 1 atom stereocenters. The molecule has 0 aliphatic carbocycles. The Labute approximate surface area is 101 Å². The van der Waals surface area contributed by atoms with E-state index >= 15 is 0 Å². The molecule has 2 aromatic heterocycles. The molecule has 4 nitrogen and oxygen atoms in total. The van der Waals surface area contributed by atoms with Gasteiger partial charge in [-0.1, -0.05) is 6.07 Å². The van der Waals surface area contributed by atoms with E-state index in [0.29, 0.717) is 0 Å². The van der Waals surface area contributed by atoms with Gasteiger partial charge in [0.15, 0.2) is 0 Å². The number of nitrogens with zero attached hydrogens (tertiary/aromatic N) is 2. The van der Waals surface area contributed by atoms with Crippen LogP contribution in [0.25, 0.3) is 0 Å². The molecule has 2 aromatic rings. The Morgan fingerprint density at radius 1 is 1.33 bits per heavy atom. The topological polar surface area (TPSA) is 53.6 Å². The van der Waals surface area contributed by atoms with E-state index in [9.17, 15) is 13.2 Å². The lowest BCUT2D eigenvalue weighted by molar-refractivity contribution is -0.141. The molecule has 2 N–H and O–H groups in total. The highest BCUT2D eigenvalue weighted by atomic mass is 19.4. The molecular formula is C11H11F3N4. The number of pyridine rings is 1. The maximum atomic E-state index is 12.5. The second-order valence-corrected chi connectivity index (χ2v) is 3.80. The molecule has 18 heavy (non-hydrogen) atoms. The van der Waals surface area contributed by atoms with Crippen LogP contribution in [0.5, 0.6) is 0 Å². The SMILES string of the molecule is CC(Nc1cccc(C(F)(F)F)n1)c1cn[nH]c1. The standard InChI is InChI=1S/C11H11F3N4/c1-7(8-5-15-16-6-8)17-10-4-2-3-9(18-10)11(12,13)14/h2-7H,1H3,(H,15,16)(H,17,18). The van der Waals surface area contributed by atoms with Gasteiger partial charge in [-0.05, 0) is 19.1 Å². The number of anilines is 1. The summed E-state index contributed by atoms with van der Waals surface area (Å²) in [5, 5.41) is 9.30. The Bertz CT molecular complexity index is 507. The molecule has 0 amide bonds. The summed E-state index contributed by atoms with van der Waals surface area (Å²) < 4.78 is 37.4. The van der Waals surface area contributed by atoms with Crippen molar-refractivity contribution in [2.45, 2.75) is 19.1 Å². The van der Waals surface area contributed by atoms with Crippen LogP contribution in [0.2, 0.25) is 0 Å². The van der Waals surface area contributed by atoms with E-state index in [2.05, 4.69) is 20.5 Å². The predicted molar refractivity (Wildman–Crippen MR) is 59.9 cm³/mol. The molecule has 0 spiro atoms. The number of halogens is 3. The first-order valence-corrected chi connectivity index (χ1v) is 5.26. The van der Waals surface area contributed by atoms with Crippen LogP contribution in [0.4, 0.5) is 19.0 Å². The van der Waals surface area contributed by atoms with Crippen LogP contribution < -0.4 is 5.32 Å². The highest BCUT2D eigenvalue weighted by molar-refractivity contribution is 5.38. The van der Waals surface area contributed by atoms with Crippen molar-refractivity contribution in [1.29, 1.82) is 0 Å². The fourth-order valence-electron chi connectivity index (χ4n) is 1.48. The minimum atomic E-state index is -4.43. The summed E-state index contributed by atoms with van der Waals surface area (Å²) in [6.07, 6.45) is -1.16. The second-order valence-electron chi connectivity index (χ2n) is 3.80. The van der Waals surface area contributed by atoms with Gasteiger partial charge in [0.2, 0.25) is 0 Å². The number of alkyl halides is 3. The van der Waals surface area contributed by atoms with E-state index in [4.69, 9.17) is 0 Å². The monoisotopic (exact) mass is 256 g/mol. The molecule has 0 saturated heterocycles. The molecule has 2 heterocycles. The van der Waals surface area contributed by atoms with Crippen molar-refractivity contribution in [3.05, 3.63) is 41.9 Å². The summed E-state index contributed by atoms with van der Waals surface area (Å²) in [6, 6.07) is 3.57. The van der Waals surface area contributed by atoms with Gasteiger partial charge in [0.1, 0.15) is 11.5 Å². The lowest BCUT2D eigenvalue weighted by Crippen LogP contribution is -2.12. The first kappa shape index (κ1) is 12.4. The first-order chi connectivity index (χ1) is 8.47. The van der Waals surface area contributed by atoms with Crippen molar-refractivity contribution in [3.63, 3.8) is 0 Å². The first-order valence-electron chi connectivity index (χ1n) is 5.26. The number of aromatic amines is 1. The van der Waals surface area contributed by atoms with Gasteiger partial charge in [-0.15, -0.1) is 0 Å². The van der Waals surface area contributed by atoms with Crippen molar-refractivity contribution < 1.29 is 13.2 Å². The van der Waals surface area contributed by atoms with Crippen LogP contribution in [0.3, 0.4) is 0 Å². The number of nitrogens with one attached hydrogen (secondary N) is 2.